The first kappa shape index (κ1) is 18.9. The number of esters is 2. The van der Waals surface area contributed by atoms with Crippen LogP contribution in [0.25, 0.3) is 0 Å². The van der Waals surface area contributed by atoms with E-state index in [2.05, 4.69) is 20.8 Å². The summed E-state index contributed by atoms with van der Waals surface area (Å²) in [6, 6.07) is -0.901. The van der Waals surface area contributed by atoms with Gasteiger partial charge in [0.25, 0.3) is 0 Å². The second kappa shape index (κ2) is 8.25. The Kier molecular flexibility index (Phi) is 7.79. The third-order valence-corrected chi connectivity index (χ3v) is 2.03. The minimum atomic E-state index is -0.901. The summed E-state index contributed by atoms with van der Waals surface area (Å²) >= 11 is 0. The fourth-order valence-electron chi connectivity index (χ4n) is 1.05. The number of carbonyl (C=O) groups excluding carboxylic acids is 2. The molecule has 118 valence electrons. The first-order valence-corrected chi connectivity index (χ1v) is 7.18. The first-order valence-electron chi connectivity index (χ1n) is 7.18. The molecule has 1 saturated carbocycles. The molecule has 5 nitrogen and oxygen atoms in total. The molecule has 0 amide bonds. The normalized spacial score (nSPS) is 16.0. The van der Waals surface area contributed by atoms with Crippen LogP contribution in [0.5, 0.6) is 0 Å². The van der Waals surface area contributed by atoms with E-state index >= 15 is 0 Å². The van der Waals surface area contributed by atoms with Crippen molar-refractivity contribution in [3.63, 3.8) is 0 Å². The van der Waals surface area contributed by atoms with Crippen LogP contribution in [0.2, 0.25) is 0 Å². The molecular formula is C15H29NO4. The molecule has 1 unspecified atom stereocenters. The van der Waals surface area contributed by atoms with Gasteiger partial charge < -0.3 is 15.2 Å². The number of hydrogen-bond donors (Lipinski definition) is 1. The standard InChI is InChI=1S/C11H19NO4.C4H10/c1-11(2,3)16-10(14)8(12)6-15-9(13)7-4-5-7;1-4(2)3/h7-8H,4-6,12H2,1-3H3;4H,1-3H3. The Morgan fingerprint density at radius 2 is 1.65 bits per heavy atom. The van der Waals surface area contributed by atoms with Gasteiger partial charge in [-0.05, 0) is 39.5 Å². The van der Waals surface area contributed by atoms with Gasteiger partial charge in [0.15, 0.2) is 0 Å². The van der Waals surface area contributed by atoms with E-state index in [1.165, 1.54) is 0 Å². The molecule has 0 radical (unpaired) electrons. The Bertz CT molecular complexity index is 314. The third-order valence-electron chi connectivity index (χ3n) is 2.03. The molecule has 20 heavy (non-hydrogen) atoms. The Labute approximate surface area is 122 Å². The van der Waals surface area contributed by atoms with Crippen LogP contribution in [0, 0.1) is 11.8 Å². The fraction of sp³-hybridized carbons (Fsp3) is 0.867. The lowest BCUT2D eigenvalue weighted by atomic mass is 10.2. The summed E-state index contributed by atoms with van der Waals surface area (Å²) in [6.45, 7) is 11.7. The van der Waals surface area contributed by atoms with Crippen LogP contribution >= 0.6 is 0 Å². The van der Waals surface area contributed by atoms with E-state index < -0.39 is 17.6 Å². The van der Waals surface area contributed by atoms with Gasteiger partial charge in [0.1, 0.15) is 18.2 Å². The predicted octanol–water partition coefficient (Wildman–Crippen LogP) is 2.27. The van der Waals surface area contributed by atoms with Gasteiger partial charge in [-0.1, -0.05) is 20.8 Å². The first-order chi connectivity index (χ1) is 9.03. The summed E-state index contributed by atoms with van der Waals surface area (Å²) in [7, 11) is 0. The van der Waals surface area contributed by atoms with Crippen LogP contribution in [0.15, 0.2) is 0 Å². The Morgan fingerprint density at radius 1 is 1.20 bits per heavy atom. The van der Waals surface area contributed by atoms with Crippen molar-refractivity contribution in [1.29, 1.82) is 0 Å². The van der Waals surface area contributed by atoms with Gasteiger partial charge in [-0.3, -0.25) is 9.59 Å². The maximum absolute atomic E-state index is 11.4. The zero-order valence-corrected chi connectivity index (χ0v) is 13.6. The predicted molar refractivity (Wildman–Crippen MR) is 78.0 cm³/mol. The lowest BCUT2D eigenvalue weighted by Crippen LogP contribution is -2.41. The van der Waals surface area contributed by atoms with E-state index in [4.69, 9.17) is 15.2 Å². The molecule has 2 N–H and O–H groups in total. The molecule has 1 rings (SSSR count). The minimum Gasteiger partial charge on any atom is -0.463 e. The highest BCUT2D eigenvalue weighted by molar-refractivity contribution is 5.78. The second-order valence-electron chi connectivity index (χ2n) is 6.78. The summed E-state index contributed by atoms with van der Waals surface area (Å²) in [6.07, 6.45) is 1.75. The molecule has 0 aromatic heterocycles. The lowest BCUT2D eigenvalue weighted by Gasteiger charge is -2.21. The number of hydrogen-bond acceptors (Lipinski definition) is 5. The van der Waals surface area contributed by atoms with Crippen molar-refractivity contribution in [2.75, 3.05) is 6.61 Å². The monoisotopic (exact) mass is 287 g/mol. The SMILES string of the molecule is CC(C)(C)OC(=O)C(N)COC(=O)C1CC1.CC(C)C. The van der Waals surface area contributed by atoms with Crippen LogP contribution in [0.1, 0.15) is 54.4 Å². The van der Waals surface area contributed by atoms with Crippen molar-refractivity contribution in [2.24, 2.45) is 17.6 Å². The maximum Gasteiger partial charge on any atom is 0.326 e. The average molecular weight is 287 g/mol. The Morgan fingerprint density at radius 3 is 2.00 bits per heavy atom. The highest BCUT2D eigenvalue weighted by Gasteiger charge is 2.32. The largest absolute Gasteiger partial charge is 0.463 e. The van der Waals surface area contributed by atoms with E-state index in [1.54, 1.807) is 20.8 Å². The van der Waals surface area contributed by atoms with Gasteiger partial charge >= 0.3 is 11.9 Å². The van der Waals surface area contributed by atoms with E-state index in [0.717, 1.165) is 18.8 Å². The fourth-order valence-corrected chi connectivity index (χ4v) is 1.05. The van der Waals surface area contributed by atoms with E-state index in [9.17, 15) is 9.59 Å². The van der Waals surface area contributed by atoms with Crippen molar-refractivity contribution in [1.82, 2.24) is 0 Å². The van der Waals surface area contributed by atoms with Crippen molar-refractivity contribution < 1.29 is 19.1 Å². The molecule has 1 atom stereocenters. The zero-order valence-electron chi connectivity index (χ0n) is 13.6. The quantitative estimate of drug-likeness (QED) is 0.802. The van der Waals surface area contributed by atoms with Gasteiger partial charge in [0.2, 0.25) is 0 Å². The number of nitrogens with two attached hydrogens (primary N) is 1. The number of ether oxygens (including phenoxy) is 2. The third kappa shape index (κ3) is 10.8. The highest BCUT2D eigenvalue weighted by Crippen LogP contribution is 2.30. The molecule has 0 aromatic rings. The van der Waals surface area contributed by atoms with Gasteiger partial charge in [-0.15, -0.1) is 0 Å². The van der Waals surface area contributed by atoms with Gasteiger partial charge in [-0.2, -0.15) is 0 Å². The van der Waals surface area contributed by atoms with Crippen LogP contribution in [0.3, 0.4) is 0 Å². The molecule has 0 aromatic carbocycles. The highest BCUT2D eigenvalue weighted by atomic mass is 16.6. The average Bonchev–Trinajstić information content (AvgIpc) is 3.05. The smallest absolute Gasteiger partial charge is 0.326 e. The van der Waals surface area contributed by atoms with Gasteiger partial charge in [0, 0.05) is 0 Å². The molecule has 0 spiro atoms. The van der Waals surface area contributed by atoms with Crippen molar-refractivity contribution in [3.8, 4) is 0 Å². The van der Waals surface area contributed by atoms with Crippen LogP contribution in [0.4, 0.5) is 0 Å². The Hall–Kier alpha value is -1.10. The van der Waals surface area contributed by atoms with Crippen molar-refractivity contribution >= 4 is 11.9 Å². The molecule has 0 saturated heterocycles. The van der Waals surface area contributed by atoms with Gasteiger partial charge in [0.05, 0.1) is 5.92 Å². The van der Waals surface area contributed by atoms with Crippen LogP contribution in [-0.2, 0) is 19.1 Å². The summed E-state index contributed by atoms with van der Waals surface area (Å²) in [4.78, 5) is 22.6. The lowest BCUT2D eigenvalue weighted by molar-refractivity contribution is -0.159. The van der Waals surface area contributed by atoms with Crippen molar-refractivity contribution in [3.05, 3.63) is 0 Å². The van der Waals surface area contributed by atoms with Crippen LogP contribution in [-0.4, -0.2) is 30.2 Å². The van der Waals surface area contributed by atoms with Crippen LogP contribution < -0.4 is 5.73 Å². The van der Waals surface area contributed by atoms with Crippen molar-refractivity contribution in [2.45, 2.75) is 66.0 Å². The molecular weight excluding hydrogens is 258 g/mol. The molecule has 1 aliphatic carbocycles. The summed E-state index contributed by atoms with van der Waals surface area (Å²) in [5.41, 5.74) is 4.97. The molecule has 5 heteroatoms. The molecule has 0 aliphatic heterocycles. The zero-order chi connectivity index (χ0) is 15.9. The van der Waals surface area contributed by atoms with Gasteiger partial charge in [-0.25, -0.2) is 0 Å². The minimum absolute atomic E-state index is 0.0193. The maximum atomic E-state index is 11.4. The molecule has 1 aliphatic rings. The second-order valence-corrected chi connectivity index (χ2v) is 6.78. The summed E-state index contributed by atoms with van der Waals surface area (Å²) in [5, 5.41) is 0. The topological polar surface area (TPSA) is 78.6 Å². The number of carbonyl (C=O) groups is 2. The number of rotatable bonds is 4. The Balaban J connectivity index is 0.000000796. The van der Waals surface area contributed by atoms with E-state index in [0.29, 0.717) is 0 Å². The molecule has 1 fully saturated rings. The summed E-state index contributed by atoms with van der Waals surface area (Å²) in [5.74, 6) is 0.0425. The summed E-state index contributed by atoms with van der Waals surface area (Å²) < 4.78 is 9.95. The van der Waals surface area contributed by atoms with E-state index in [1.807, 2.05) is 0 Å². The van der Waals surface area contributed by atoms with E-state index in [-0.39, 0.29) is 18.5 Å². The molecule has 0 heterocycles. The molecule has 0 bridgehead atoms.